The predicted octanol–water partition coefficient (Wildman–Crippen LogP) is 10.2. The monoisotopic (exact) mass is 576 g/mol. The summed E-state index contributed by atoms with van der Waals surface area (Å²) in [5.74, 6) is 0.953. The highest BCUT2D eigenvalue weighted by Crippen LogP contribution is 2.38. The molecule has 3 aromatic heterocycles. The van der Waals surface area contributed by atoms with Gasteiger partial charge in [-0.1, -0.05) is 91.0 Å². The van der Waals surface area contributed by atoms with Gasteiger partial charge in [0.25, 0.3) is 0 Å². The minimum Gasteiger partial charge on any atom is -0.327 e. The molecule has 0 atom stereocenters. The Morgan fingerprint density at radius 3 is 2.02 bits per heavy atom. The van der Waals surface area contributed by atoms with E-state index in [1.165, 1.54) is 32.7 Å². The fourth-order valence-electron chi connectivity index (χ4n) is 6.73. The lowest BCUT2D eigenvalue weighted by Crippen LogP contribution is -1.96. The zero-order valence-corrected chi connectivity index (χ0v) is 24.7. The minimum absolute atomic E-state index is 0.953. The Morgan fingerprint density at radius 2 is 1.20 bits per heavy atom. The van der Waals surface area contributed by atoms with E-state index in [9.17, 15) is 0 Å². The quantitative estimate of drug-likeness (QED) is 0.209. The van der Waals surface area contributed by atoms with Crippen molar-refractivity contribution >= 4 is 43.6 Å². The van der Waals surface area contributed by atoms with Crippen LogP contribution in [0.3, 0.4) is 0 Å². The number of pyridine rings is 1. The van der Waals surface area contributed by atoms with Crippen LogP contribution in [0.15, 0.2) is 152 Å². The molecule has 45 heavy (non-hydrogen) atoms. The molecule has 0 spiro atoms. The second-order valence-electron chi connectivity index (χ2n) is 11.6. The van der Waals surface area contributed by atoms with Crippen LogP contribution in [0, 0.1) is 0 Å². The number of aryl methyl sites for hydroxylation is 1. The molecule has 0 fully saturated rings. The van der Waals surface area contributed by atoms with Gasteiger partial charge < -0.3 is 9.13 Å². The number of rotatable bonds is 4. The van der Waals surface area contributed by atoms with Gasteiger partial charge in [-0.2, -0.15) is 0 Å². The lowest BCUT2D eigenvalue weighted by molar-refractivity contribution is 0.959. The smallest absolute Gasteiger partial charge is 0.140 e. The molecule has 0 aliphatic carbocycles. The summed E-state index contributed by atoms with van der Waals surface area (Å²) in [7, 11) is 2.09. The molecule has 0 amide bonds. The third kappa shape index (κ3) is 4.15. The summed E-state index contributed by atoms with van der Waals surface area (Å²) in [6.07, 6.45) is 1.85. The first-order valence-electron chi connectivity index (χ1n) is 15.2. The van der Waals surface area contributed by atoms with Gasteiger partial charge in [0.05, 0.1) is 27.8 Å². The normalized spacial score (nSPS) is 11.7. The molecule has 0 unspecified atom stereocenters. The van der Waals surface area contributed by atoms with Crippen molar-refractivity contribution in [1.29, 1.82) is 0 Å². The summed E-state index contributed by atoms with van der Waals surface area (Å²) in [5.41, 5.74) is 11.0. The molecule has 0 bridgehead atoms. The van der Waals surface area contributed by atoms with E-state index in [0.717, 1.165) is 50.4 Å². The molecule has 0 saturated heterocycles. The summed E-state index contributed by atoms with van der Waals surface area (Å²) < 4.78 is 4.58. The van der Waals surface area contributed by atoms with Crippen molar-refractivity contribution in [3.05, 3.63) is 152 Å². The van der Waals surface area contributed by atoms with Gasteiger partial charge in [0.2, 0.25) is 0 Å². The highest BCUT2D eigenvalue weighted by Gasteiger charge is 2.17. The Bertz CT molecular complexity index is 2550. The Balaban J connectivity index is 1.31. The lowest BCUT2D eigenvalue weighted by atomic mass is 10.00. The van der Waals surface area contributed by atoms with E-state index < -0.39 is 0 Å². The molecule has 9 rings (SSSR count). The summed E-state index contributed by atoms with van der Waals surface area (Å²) in [5, 5.41) is 4.91. The van der Waals surface area contributed by atoms with Crippen LogP contribution in [0.4, 0.5) is 0 Å². The molecule has 4 heteroatoms. The van der Waals surface area contributed by atoms with Crippen molar-refractivity contribution in [3.8, 4) is 39.5 Å². The van der Waals surface area contributed by atoms with E-state index in [2.05, 4.69) is 149 Å². The highest BCUT2D eigenvalue weighted by molar-refractivity contribution is 6.11. The second kappa shape index (κ2) is 10.0. The standard InChI is InChI=1S/C41H28N4/c1-44-38-15-5-4-14-37(38)43-41(44)32-19-21-35-34-20-18-30(29-17-16-27-9-2-3-10-28(27)23-29)25-39(34)45(40(35)26-32)33-12-8-11-31(24-33)36-13-6-7-22-42-36/h2-26H,1H3. The van der Waals surface area contributed by atoms with Crippen molar-refractivity contribution in [1.82, 2.24) is 19.1 Å². The third-order valence-electron chi connectivity index (χ3n) is 8.96. The van der Waals surface area contributed by atoms with Crippen LogP contribution < -0.4 is 0 Å². The molecule has 9 aromatic rings. The Hall–Kier alpha value is -6.00. The van der Waals surface area contributed by atoms with Gasteiger partial charge in [0, 0.05) is 40.8 Å². The zero-order valence-electron chi connectivity index (χ0n) is 24.7. The number of benzene rings is 6. The molecule has 0 aliphatic heterocycles. The molecule has 0 saturated carbocycles. The maximum absolute atomic E-state index is 5.02. The van der Waals surface area contributed by atoms with Crippen LogP contribution in [0.5, 0.6) is 0 Å². The molecular weight excluding hydrogens is 548 g/mol. The van der Waals surface area contributed by atoms with Crippen molar-refractivity contribution < 1.29 is 0 Å². The van der Waals surface area contributed by atoms with Gasteiger partial charge in [0.1, 0.15) is 5.82 Å². The SMILES string of the molecule is Cn1c(-c2ccc3c4ccc(-c5ccc6ccccc6c5)cc4n(-c4cccc(-c5ccccn5)c4)c3c2)nc2ccccc21. The van der Waals surface area contributed by atoms with Crippen LogP contribution in [0.1, 0.15) is 0 Å². The average molecular weight is 577 g/mol. The minimum atomic E-state index is 0.953. The van der Waals surface area contributed by atoms with Gasteiger partial charge in [-0.15, -0.1) is 0 Å². The molecule has 0 radical (unpaired) electrons. The summed E-state index contributed by atoms with van der Waals surface area (Å²) in [6.45, 7) is 0. The van der Waals surface area contributed by atoms with Crippen LogP contribution in [-0.4, -0.2) is 19.1 Å². The molecule has 4 nitrogen and oxygen atoms in total. The largest absolute Gasteiger partial charge is 0.327 e. The van der Waals surface area contributed by atoms with E-state index >= 15 is 0 Å². The number of para-hydroxylation sites is 2. The summed E-state index contributed by atoms with van der Waals surface area (Å²) in [6, 6.07) is 51.9. The van der Waals surface area contributed by atoms with Gasteiger partial charge in [-0.25, -0.2) is 4.98 Å². The molecule has 0 N–H and O–H groups in total. The Morgan fingerprint density at radius 1 is 0.489 bits per heavy atom. The number of hydrogen-bond acceptors (Lipinski definition) is 2. The topological polar surface area (TPSA) is 35.6 Å². The molecular formula is C41H28N4. The number of aromatic nitrogens is 4. The fourth-order valence-corrected chi connectivity index (χ4v) is 6.73. The molecule has 6 aromatic carbocycles. The van der Waals surface area contributed by atoms with Crippen molar-refractivity contribution in [2.24, 2.45) is 7.05 Å². The van der Waals surface area contributed by atoms with Crippen LogP contribution >= 0.6 is 0 Å². The van der Waals surface area contributed by atoms with E-state index in [0.29, 0.717) is 0 Å². The summed E-state index contributed by atoms with van der Waals surface area (Å²) >= 11 is 0. The number of imidazole rings is 1. The molecule has 0 aliphatic rings. The maximum Gasteiger partial charge on any atom is 0.140 e. The first-order chi connectivity index (χ1) is 22.2. The number of nitrogens with zero attached hydrogens (tertiary/aromatic N) is 4. The van der Waals surface area contributed by atoms with E-state index in [4.69, 9.17) is 4.98 Å². The average Bonchev–Trinajstić information content (AvgIpc) is 3.62. The van der Waals surface area contributed by atoms with Crippen LogP contribution in [0.25, 0.3) is 83.1 Å². The van der Waals surface area contributed by atoms with E-state index in [1.54, 1.807) is 0 Å². The van der Waals surface area contributed by atoms with Gasteiger partial charge in [0.15, 0.2) is 0 Å². The van der Waals surface area contributed by atoms with Crippen molar-refractivity contribution in [2.45, 2.75) is 0 Å². The van der Waals surface area contributed by atoms with Gasteiger partial charge in [-0.05, 0) is 76.5 Å². The molecule has 212 valence electrons. The second-order valence-corrected chi connectivity index (χ2v) is 11.6. The van der Waals surface area contributed by atoms with Crippen molar-refractivity contribution in [2.75, 3.05) is 0 Å². The van der Waals surface area contributed by atoms with Gasteiger partial charge >= 0.3 is 0 Å². The third-order valence-corrected chi connectivity index (χ3v) is 8.96. The molecule has 3 heterocycles. The van der Waals surface area contributed by atoms with Gasteiger partial charge in [-0.3, -0.25) is 4.98 Å². The maximum atomic E-state index is 5.02. The van der Waals surface area contributed by atoms with E-state index in [-0.39, 0.29) is 0 Å². The van der Waals surface area contributed by atoms with E-state index in [1.807, 2.05) is 24.4 Å². The lowest BCUT2D eigenvalue weighted by Gasteiger charge is -2.12. The van der Waals surface area contributed by atoms with Crippen LogP contribution in [0.2, 0.25) is 0 Å². The Kier molecular flexibility index (Phi) is 5.69. The summed E-state index contributed by atoms with van der Waals surface area (Å²) in [4.78, 5) is 9.66. The highest BCUT2D eigenvalue weighted by atomic mass is 15.1. The first kappa shape index (κ1) is 25.5. The number of hydrogen-bond donors (Lipinski definition) is 0. The van der Waals surface area contributed by atoms with Crippen LogP contribution in [-0.2, 0) is 7.05 Å². The fraction of sp³-hybridized carbons (Fsp3) is 0.0244. The zero-order chi connectivity index (χ0) is 29.9. The van der Waals surface area contributed by atoms with Crippen molar-refractivity contribution in [3.63, 3.8) is 0 Å². The first-order valence-corrected chi connectivity index (χ1v) is 15.2. The Labute approximate surface area is 260 Å². The predicted molar refractivity (Wildman–Crippen MR) is 187 cm³/mol. The number of fused-ring (bicyclic) bond motifs is 5.